The Hall–Kier alpha value is -0.570. The van der Waals surface area contributed by atoms with Crippen LogP contribution >= 0.6 is 0 Å². The fourth-order valence-electron chi connectivity index (χ4n) is 2.82. The van der Waals surface area contributed by atoms with Gasteiger partial charge in [-0.05, 0) is 39.3 Å². The summed E-state index contributed by atoms with van der Waals surface area (Å²) in [6.07, 6.45) is 7.99. The van der Waals surface area contributed by atoms with Gasteiger partial charge in [0.1, 0.15) is 0 Å². The molecule has 3 nitrogen and oxygen atoms in total. The second-order valence-corrected chi connectivity index (χ2v) is 5.92. The highest BCUT2D eigenvalue weighted by atomic mass is 16.2. The zero-order valence-corrected chi connectivity index (χ0v) is 12.5. The van der Waals surface area contributed by atoms with Gasteiger partial charge in [-0.3, -0.25) is 4.79 Å². The number of amides is 1. The van der Waals surface area contributed by atoms with Gasteiger partial charge in [-0.2, -0.15) is 0 Å². The SMILES string of the molecule is CCCCCCC(=O)N1CCCC(CN(C)C)C1. The van der Waals surface area contributed by atoms with E-state index in [1.165, 1.54) is 32.1 Å². The number of rotatable bonds is 7. The molecule has 0 saturated carbocycles. The quantitative estimate of drug-likeness (QED) is 0.652. The Morgan fingerprint density at radius 3 is 2.72 bits per heavy atom. The van der Waals surface area contributed by atoms with Crippen LogP contribution in [-0.2, 0) is 4.79 Å². The summed E-state index contributed by atoms with van der Waals surface area (Å²) in [5, 5.41) is 0. The summed E-state index contributed by atoms with van der Waals surface area (Å²) in [6.45, 7) is 5.28. The smallest absolute Gasteiger partial charge is 0.222 e. The molecule has 0 aromatic rings. The number of piperidine rings is 1. The van der Waals surface area contributed by atoms with Gasteiger partial charge in [-0.15, -0.1) is 0 Å². The van der Waals surface area contributed by atoms with E-state index in [1.54, 1.807) is 0 Å². The Bertz CT molecular complexity index is 241. The van der Waals surface area contributed by atoms with Gasteiger partial charge in [0.15, 0.2) is 0 Å². The minimum absolute atomic E-state index is 0.384. The third kappa shape index (κ3) is 5.85. The van der Waals surface area contributed by atoms with Crippen molar-refractivity contribution in [2.75, 3.05) is 33.7 Å². The van der Waals surface area contributed by atoms with Gasteiger partial charge < -0.3 is 9.80 Å². The number of likely N-dealkylation sites (tertiary alicyclic amines) is 1. The van der Waals surface area contributed by atoms with Crippen molar-refractivity contribution in [2.45, 2.75) is 51.9 Å². The molecule has 1 amide bonds. The summed E-state index contributed by atoms with van der Waals surface area (Å²) in [6, 6.07) is 0. The predicted octanol–water partition coefficient (Wildman–Crippen LogP) is 2.76. The molecule has 0 aromatic heterocycles. The Kier molecular flexibility index (Phi) is 7.33. The van der Waals surface area contributed by atoms with E-state index in [4.69, 9.17) is 0 Å². The first-order chi connectivity index (χ1) is 8.63. The highest BCUT2D eigenvalue weighted by Crippen LogP contribution is 2.18. The second kappa shape index (κ2) is 8.52. The van der Waals surface area contributed by atoms with Gasteiger partial charge in [0, 0.05) is 26.1 Å². The molecule has 3 heteroatoms. The molecule has 0 aliphatic carbocycles. The minimum atomic E-state index is 0.384. The standard InChI is InChI=1S/C15H30N2O/c1-4-5-6-7-10-15(18)17-11-8-9-14(13-17)12-16(2)3/h14H,4-13H2,1-3H3. The second-order valence-electron chi connectivity index (χ2n) is 5.92. The third-order valence-corrected chi connectivity index (χ3v) is 3.74. The summed E-state index contributed by atoms with van der Waals surface area (Å²) in [7, 11) is 4.23. The van der Waals surface area contributed by atoms with Crippen molar-refractivity contribution in [1.82, 2.24) is 9.80 Å². The molecule has 18 heavy (non-hydrogen) atoms. The predicted molar refractivity (Wildman–Crippen MR) is 76.6 cm³/mol. The molecule has 0 spiro atoms. The highest BCUT2D eigenvalue weighted by Gasteiger charge is 2.23. The molecule has 1 saturated heterocycles. The van der Waals surface area contributed by atoms with E-state index in [9.17, 15) is 4.79 Å². The van der Waals surface area contributed by atoms with Crippen molar-refractivity contribution < 1.29 is 4.79 Å². The lowest BCUT2D eigenvalue weighted by Gasteiger charge is -2.34. The van der Waals surface area contributed by atoms with Crippen LogP contribution < -0.4 is 0 Å². The average molecular weight is 254 g/mol. The van der Waals surface area contributed by atoms with Crippen molar-refractivity contribution in [3.63, 3.8) is 0 Å². The molecule has 0 aromatic carbocycles. The number of hydrogen-bond donors (Lipinski definition) is 0. The van der Waals surface area contributed by atoms with Crippen LogP contribution in [0.5, 0.6) is 0 Å². The number of hydrogen-bond acceptors (Lipinski definition) is 2. The maximum atomic E-state index is 12.1. The summed E-state index contributed by atoms with van der Waals surface area (Å²) in [4.78, 5) is 16.4. The molecule has 1 heterocycles. The van der Waals surface area contributed by atoms with Crippen LogP contribution in [0.4, 0.5) is 0 Å². The zero-order valence-electron chi connectivity index (χ0n) is 12.5. The lowest BCUT2D eigenvalue weighted by atomic mass is 9.97. The van der Waals surface area contributed by atoms with Gasteiger partial charge in [0.25, 0.3) is 0 Å². The molecule has 1 aliphatic heterocycles. The molecule has 1 unspecified atom stereocenters. The normalized spacial score (nSPS) is 20.4. The lowest BCUT2D eigenvalue weighted by molar-refractivity contribution is -0.133. The van der Waals surface area contributed by atoms with Gasteiger partial charge in [-0.1, -0.05) is 26.2 Å². The van der Waals surface area contributed by atoms with Crippen LogP contribution in [0.2, 0.25) is 0 Å². The molecule has 1 rings (SSSR count). The van der Waals surface area contributed by atoms with Crippen molar-refractivity contribution in [3.8, 4) is 0 Å². The lowest BCUT2D eigenvalue weighted by Crippen LogP contribution is -2.42. The van der Waals surface area contributed by atoms with E-state index in [2.05, 4.69) is 30.8 Å². The van der Waals surface area contributed by atoms with E-state index in [-0.39, 0.29) is 0 Å². The molecule has 1 atom stereocenters. The van der Waals surface area contributed by atoms with Crippen LogP contribution in [0.15, 0.2) is 0 Å². The Morgan fingerprint density at radius 2 is 2.06 bits per heavy atom. The van der Waals surface area contributed by atoms with Gasteiger partial charge in [-0.25, -0.2) is 0 Å². The van der Waals surface area contributed by atoms with E-state index in [1.807, 2.05) is 0 Å². The maximum Gasteiger partial charge on any atom is 0.222 e. The fourth-order valence-corrected chi connectivity index (χ4v) is 2.82. The first kappa shape index (κ1) is 15.5. The van der Waals surface area contributed by atoms with Gasteiger partial charge >= 0.3 is 0 Å². The summed E-state index contributed by atoms with van der Waals surface area (Å²) < 4.78 is 0. The molecule has 1 aliphatic rings. The number of carbonyl (C=O) groups is 1. The molecule has 106 valence electrons. The number of unbranched alkanes of at least 4 members (excludes halogenated alkanes) is 3. The Morgan fingerprint density at radius 1 is 1.28 bits per heavy atom. The first-order valence-electron chi connectivity index (χ1n) is 7.56. The molecule has 0 radical (unpaired) electrons. The largest absolute Gasteiger partial charge is 0.342 e. The maximum absolute atomic E-state index is 12.1. The zero-order chi connectivity index (χ0) is 13.4. The highest BCUT2D eigenvalue weighted by molar-refractivity contribution is 5.76. The van der Waals surface area contributed by atoms with Crippen LogP contribution in [0, 0.1) is 5.92 Å². The number of carbonyl (C=O) groups excluding carboxylic acids is 1. The van der Waals surface area contributed by atoms with E-state index < -0.39 is 0 Å². The monoisotopic (exact) mass is 254 g/mol. The van der Waals surface area contributed by atoms with Crippen molar-refractivity contribution >= 4 is 5.91 Å². The first-order valence-corrected chi connectivity index (χ1v) is 7.56. The van der Waals surface area contributed by atoms with Gasteiger partial charge in [0.2, 0.25) is 5.91 Å². The summed E-state index contributed by atoms with van der Waals surface area (Å²) >= 11 is 0. The van der Waals surface area contributed by atoms with E-state index >= 15 is 0 Å². The fraction of sp³-hybridized carbons (Fsp3) is 0.933. The Labute approximate surface area is 113 Å². The topological polar surface area (TPSA) is 23.6 Å². The summed E-state index contributed by atoms with van der Waals surface area (Å²) in [5.41, 5.74) is 0. The van der Waals surface area contributed by atoms with Crippen molar-refractivity contribution in [1.29, 1.82) is 0 Å². The van der Waals surface area contributed by atoms with Gasteiger partial charge in [0.05, 0.1) is 0 Å². The summed E-state index contributed by atoms with van der Waals surface area (Å²) in [5.74, 6) is 1.06. The molecular weight excluding hydrogens is 224 g/mol. The average Bonchev–Trinajstić information content (AvgIpc) is 2.34. The van der Waals surface area contributed by atoms with Crippen LogP contribution in [0.1, 0.15) is 51.9 Å². The van der Waals surface area contributed by atoms with Crippen LogP contribution in [-0.4, -0.2) is 49.4 Å². The Balaban J connectivity index is 2.25. The van der Waals surface area contributed by atoms with Crippen LogP contribution in [0.25, 0.3) is 0 Å². The molecule has 0 bridgehead atoms. The van der Waals surface area contributed by atoms with E-state index in [0.29, 0.717) is 11.8 Å². The molecular formula is C15H30N2O. The van der Waals surface area contributed by atoms with Crippen LogP contribution in [0.3, 0.4) is 0 Å². The molecule has 0 N–H and O–H groups in total. The third-order valence-electron chi connectivity index (χ3n) is 3.74. The van der Waals surface area contributed by atoms with Crippen molar-refractivity contribution in [2.24, 2.45) is 5.92 Å². The minimum Gasteiger partial charge on any atom is -0.342 e. The van der Waals surface area contributed by atoms with Crippen molar-refractivity contribution in [3.05, 3.63) is 0 Å². The van der Waals surface area contributed by atoms with E-state index in [0.717, 1.165) is 32.5 Å². The number of nitrogens with zero attached hydrogens (tertiary/aromatic N) is 2. The molecule has 1 fully saturated rings.